The molecule has 0 atom stereocenters. The Labute approximate surface area is 122 Å². The third-order valence-electron chi connectivity index (χ3n) is 3.01. The van der Waals surface area contributed by atoms with Gasteiger partial charge < -0.3 is 0 Å². The maximum absolute atomic E-state index is 11.5. The zero-order valence-electron chi connectivity index (χ0n) is 12.8. The summed E-state index contributed by atoms with van der Waals surface area (Å²) in [5.74, 6) is 0.161. The molecule has 0 saturated carbocycles. The van der Waals surface area contributed by atoms with Crippen LogP contribution in [0, 0.1) is 0 Å². The number of ketones is 1. The van der Waals surface area contributed by atoms with Crippen molar-refractivity contribution in [1.29, 1.82) is 0 Å². The van der Waals surface area contributed by atoms with Crippen molar-refractivity contribution in [1.82, 2.24) is 0 Å². The minimum atomic E-state index is -2.93. The Morgan fingerprint density at radius 2 is 1.37 bits per heavy atom. The summed E-state index contributed by atoms with van der Waals surface area (Å²) >= 11 is -2.93. The normalized spacial score (nSPS) is 11.4. The molecule has 0 rings (SSSR count). The summed E-state index contributed by atoms with van der Waals surface area (Å²) in [4.78, 5) is 26.1. The summed E-state index contributed by atoms with van der Waals surface area (Å²) in [7, 11) is 1.62. The summed E-state index contributed by atoms with van der Waals surface area (Å²) in [6.07, 6.45) is 7.51. The Bertz CT molecular complexity index is 277. The van der Waals surface area contributed by atoms with Gasteiger partial charge in [-0.1, -0.05) is 0 Å². The van der Waals surface area contributed by atoms with Crippen LogP contribution in [0.1, 0.15) is 58.3 Å². The Balaban J connectivity index is 3.39. The van der Waals surface area contributed by atoms with E-state index in [1.807, 2.05) is 9.88 Å². The van der Waals surface area contributed by atoms with Crippen LogP contribution in [0.3, 0.4) is 0 Å². The summed E-state index contributed by atoms with van der Waals surface area (Å²) in [6.45, 7) is 1.64. The van der Waals surface area contributed by atoms with Gasteiger partial charge in [-0.3, -0.25) is 0 Å². The molecule has 0 N–H and O–H groups in total. The van der Waals surface area contributed by atoms with Gasteiger partial charge in [-0.25, -0.2) is 0 Å². The second-order valence-electron chi connectivity index (χ2n) is 5.40. The van der Waals surface area contributed by atoms with E-state index in [1.54, 1.807) is 14.0 Å². The second-order valence-corrected chi connectivity index (χ2v) is 15.1. The number of Topliss-reactive ketones (excluding diaryl/α,β-unsaturated/α-hetero) is 1. The SMILES string of the molecule is C[O][Sn]([CH3])([CH3])[O]C(=O)CCCCCCCCC(C)=O. The summed E-state index contributed by atoms with van der Waals surface area (Å²) in [5.41, 5.74) is 0. The molecule has 0 spiro atoms. The van der Waals surface area contributed by atoms with Gasteiger partial charge in [-0.05, 0) is 0 Å². The van der Waals surface area contributed by atoms with Crippen molar-refractivity contribution >= 4 is 31.0 Å². The van der Waals surface area contributed by atoms with E-state index in [-0.39, 0.29) is 11.8 Å². The van der Waals surface area contributed by atoms with E-state index in [9.17, 15) is 9.59 Å². The van der Waals surface area contributed by atoms with Crippen LogP contribution < -0.4 is 0 Å². The van der Waals surface area contributed by atoms with E-state index in [0.29, 0.717) is 12.8 Å². The van der Waals surface area contributed by atoms with E-state index in [1.165, 1.54) is 0 Å². The van der Waals surface area contributed by atoms with E-state index in [2.05, 4.69) is 0 Å². The fourth-order valence-corrected chi connectivity index (χ4v) is 3.81. The van der Waals surface area contributed by atoms with E-state index in [4.69, 9.17) is 6.15 Å². The average Bonchev–Trinajstić information content (AvgIpc) is 2.31. The Kier molecular flexibility index (Phi) is 10.6. The van der Waals surface area contributed by atoms with Crippen LogP contribution in [-0.4, -0.2) is 38.1 Å². The zero-order chi connectivity index (χ0) is 14.7. The van der Waals surface area contributed by atoms with Crippen molar-refractivity contribution in [2.45, 2.75) is 68.2 Å². The molecule has 0 bridgehead atoms. The minimum absolute atomic E-state index is 0.112. The van der Waals surface area contributed by atoms with Crippen LogP contribution in [0.5, 0.6) is 0 Å². The Hall–Kier alpha value is -0.101. The standard InChI is InChI=1S/C11H20O3.CH3O.2CH3.Sn/c1-10(12)8-6-4-2-3-5-7-9-11(13)14;1-2;;;/h2-9H2,1H3,(H,13,14);1H3;2*1H3;/q;-1;;;+2/p-1. The first kappa shape index (κ1) is 18.9. The quantitative estimate of drug-likeness (QED) is 0.407. The molecule has 0 unspecified atom stereocenters. The van der Waals surface area contributed by atoms with Crippen molar-refractivity contribution < 1.29 is 15.7 Å². The molecule has 4 nitrogen and oxygen atoms in total. The Morgan fingerprint density at radius 1 is 0.895 bits per heavy atom. The monoisotopic (exact) mass is 380 g/mol. The first-order valence-corrected chi connectivity index (χ1v) is 15.2. The molecule has 0 fully saturated rings. The Morgan fingerprint density at radius 3 is 1.84 bits per heavy atom. The number of carbonyl (C=O) groups is 2. The van der Waals surface area contributed by atoms with E-state index >= 15 is 0 Å². The fourth-order valence-electron chi connectivity index (χ4n) is 1.72. The molecule has 19 heavy (non-hydrogen) atoms. The molecule has 112 valence electrons. The van der Waals surface area contributed by atoms with Crippen LogP contribution in [0.25, 0.3) is 0 Å². The van der Waals surface area contributed by atoms with Gasteiger partial charge in [0.25, 0.3) is 0 Å². The van der Waals surface area contributed by atoms with Crippen LogP contribution in [0.2, 0.25) is 9.88 Å². The van der Waals surface area contributed by atoms with Crippen LogP contribution >= 0.6 is 0 Å². The molecule has 0 heterocycles. The van der Waals surface area contributed by atoms with Gasteiger partial charge in [0, 0.05) is 0 Å². The molecule has 0 aliphatic carbocycles. The maximum atomic E-state index is 11.5. The number of hydrogen-bond donors (Lipinski definition) is 0. The molecule has 0 aromatic heterocycles. The summed E-state index contributed by atoms with van der Waals surface area (Å²) < 4.78 is 10.6. The van der Waals surface area contributed by atoms with Gasteiger partial charge >= 0.3 is 122 Å². The van der Waals surface area contributed by atoms with Crippen molar-refractivity contribution in [3.63, 3.8) is 0 Å². The molecule has 0 amide bonds. The molecule has 0 aliphatic rings. The molecule has 5 heteroatoms. The third kappa shape index (κ3) is 12.7. The third-order valence-corrected chi connectivity index (χ3v) is 7.87. The van der Waals surface area contributed by atoms with Crippen molar-refractivity contribution in [2.24, 2.45) is 0 Å². The van der Waals surface area contributed by atoms with Gasteiger partial charge in [0.1, 0.15) is 0 Å². The second kappa shape index (κ2) is 10.7. The molecule has 0 aromatic carbocycles. The van der Waals surface area contributed by atoms with Gasteiger partial charge in [-0.2, -0.15) is 0 Å². The van der Waals surface area contributed by atoms with Gasteiger partial charge in [-0.15, -0.1) is 0 Å². The molecule has 0 aliphatic heterocycles. The van der Waals surface area contributed by atoms with Gasteiger partial charge in [0.05, 0.1) is 0 Å². The number of hydrogen-bond acceptors (Lipinski definition) is 4. The molecular weight excluding hydrogens is 351 g/mol. The molecular formula is C14H28O4Sn. The molecule has 0 radical (unpaired) electrons. The van der Waals surface area contributed by atoms with Crippen LogP contribution in [-0.2, 0) is 15.7 Å². The summed E-state index contributed by atoms with van der Waals surface area (Å²) in [5, 5.41) is 0. The molecule has 0 saturated heterocycles. The van der Waals surface area contributed by atoms with Crippen LogP contribution in [0.4, 0.5) is 0 Å². The first-order chi connectivity index (χ1) is 8.87. The summed E-state index contributed by atoms with van der Waals surface area (Å²) in [6, 6.07) is 0. The zero-order valence-corrected chi connectivity index (χ0v) is 15.6. The first-order valence-electron chi connectivity index (χ1n) is 7.14. The van der Waals surface area contributed by atoms with Gasteiger partial charge in [0.15, 0.2) is 0 Å². The van der Waals surface area contributed by atoms with Crippen molar-refractivity contribution in [3.05, 3.63) is 0 Å². The van der Waals surface area contributed by atoms with Crippen LogP contribution in [0.15, 0.2) is 0 Å². The number of rotatable bonds is 11. The number of carbonyl (C=O) groups excluding carboxylic acids is 2. The predicted octanol–water partition coefficient (Wildman–Crippen LogP) is 3.59. The fraction of sp³-hybridized carbons (Fsp3) is 0.857. The van der Waals surface area contributed by atoms with E-state index in [0.717, 1.165) is 38.5 Å². The topological polar surface area (TPSA) is 52.6 Å². The molecule has 0 aromatic rings. The predicted molar refractivity (Wildman–Crippen MR) is 78.2 cm³/mol. The van der Waals surface area contributed by atoms with Crippen molar-refractivity contribution in [2.75, 3.05) is 7.11 Å². The average molecular weight is 379 g/mol. The van der Waals surface area contributed by atoms with Crippen molar-refractivity contribution in [3.8, 4) is 0 Å². The number of unbranched alkanes of at least 4 members (excludes halogenated alkanes) is 5. The van der Waals surface area contributed by atoms with E-state index < -0.39 is 19.2 Å². The van der Waals surface area contributed by atoms with Gasteiger partial charge in [0.2, 0.25) is 0 Å².